The van der Waals surface area contributed by atoms with Crippen LogP contribution in [0.15, 0.2) is 36.5 Å². The Morgan fingerprint density at radius 1 is 1.33 bits per heavy atom. The Balaban J connectivity index is 2.42. The number of pyridine rings is 1. The van der Waals surface area contributed by atoms with Crippen molar-refractivity contribution >= 4 is 23.0 Å². The van der Waals surface area contributed by atoms with Gasteiger partial charge in [-0.25, -0.2) is 4.79 Å². The molecular formula is C13H13N3O2. The maximum atomic E-state index is 11.1. The molecule has 0 fully saturated rings. The van der Waals surface area contributed by atoms with Gasteiger partial charge in [0.05, 0.1) is 22.6 Å². The van der Waals surface area contributed by atoms with Crippen LogP contribution in [0.1, 0.15) is 16.1 Å². The van der Waals surface area contributed by atoms with E-state index >= 15 is 0 Å². The van der Waals surface area contributed by atoms with Gasteiger partial charge in [-0.2, -0.15) is 0 Å². The van der Waals surface area contributed by atoms with Crippen LogP contribution in [0.25, 0.3) is 0 Å². The Morgan fingerprint density at radius 3 is 2.78 bits per heavy atom. The van der Waals surface area contributed by atoms with Crippen LogP contribution < -0.4 is 11.1 Å². The zero-order valence-electron chi connectivity index (χ0n) is 9.84. The minimum absolute atomic E-state index is 0.174. The first-order chi connectivity index (χ1) is 8.58. The standard InChI is InChI=1S/C13H13N3O2/c1-8-11(3-2-6-15-8)16-12-7-9(14)4-5-10(12)13(17)18/h2-7,16H,14H2,1H3,(H,17,18). The van der Waals surface area contributed by atoms with Crippen molar-refractivity contribution in [3.63, 3.8) is 0 Å². The van der Waals surface area contributed by atoms with E-state index in [0.717, 1.165) is 11.4 Å². The molecule has 1 aromatic heterocycles. The van der Waals surface area contributed by atoms with Gasteiger partial charge >= 0.3 is 5.97 Å². The lowest BCUT2D eigenvalue weighted by molar-refractivity contribution is 0.0698. The second-order valence-corrected chi connectivity index (χ2v) is 3.87. The van der Waals surface area contributed by atoms with Crippen LogP contribution in [0.5, 0.6) is 0 Å². The van der Waals surface area contributed by atoms with Gasteiger partial charge in [-0.05, 0) is 37.3 Å². The summed E-state index contributed by atoms with van der Waals surface area (Å²) in [5.74, 6) is -1.00. The lowest BCUT2D eigenvalue weighted by Gasteiger charge is -2.11. The van der Waals surface area contributed by atoms with Crippen LogP contribution in [0.2, 0.25) is 0 Å². The summed E-state index contributed by atoms with van der Waals surface area (Å²) >= 11 is 0. The largest absolute Gasteiger partial charge is 0.478 e. The normalized spacial score (nSPS) is 10.1. The molecule has 0 saturated carbocycles. The Morgan fingerprint density at radius 2 is 2.11 bits per heavy atom. The summed E-state index contributed by atoms with van der Waals surface area (Å²) in [5.41, 5.74) is 8.35. The Hall–Kier alpha value is -2.56. The highest BCUT2D eigenvalue weighted by molar-refractivity contribution is 5.96. The summed E-state index contributed by atoms with van der Waals surface area (Å²) in [6.45, 7) is 1.84. The van der Waals surface area contributed by atoms with Crippen molar-refractivity contribution in [3.8, 4) is 0 Å². The molecule has 0 bridgehead atoms. The minimum atomic E-state index is -1.00. The van der Waals surface area contributed by atoms with Crippen LogP contribution in [0.4, 0.5) is 17.1 Å². The number of carbonyl (C=O) groups is 1. The number of nitrogens with one attached hydrogen (secondary N) is 1. The molecule has 0 amide bonds. The first-order valence-electron chi connectivity index (χ1n) is 5.39. The Kier molecular flexibility index (Phi) is 3.14. The van der Waals surface area contributed by atoms with Gasteiger partial charge in [0, 0.05) is 11.9 Å². The number of aryl methyl sites for hydroxylation is 1. The smallest absolute Gasteiger partial charge is 0.337 e. The molecule has 0 aliphatic heterocycles. The SMILES string of the molecule is Cc1ncccc1Nc1cc(N)ccc1C(=O)O. The molecule has 5 heteroatoms. The molecule has 0 saturated heterocycles. The summed E-state index contributed by atoms with van der Waals surface area (Å²) < 4.78 is 0. The van der Waals surface area contributed by atoms with Crippen LogP contribution >= 0.6 is 0 Å². The summed E-state index contributed by atoms with van der Waals surface area (Å²) in [7, 11) is 0. The number of aromatic carboxylic acids is 1. The lowest BCUT2D eigenvalue weighted by atomic mass is 10.1. The predicted molar refractivity (Wildman–Crippen MR) is 70.1 cm³/mol. The lowest BCUT2D eigenvalue weighted by Crippen LogP contribution is -2.04. The molecule has 92 valence electrons. The molecule has 0 atom stereocenters. The third kappa shape index (κ3) is 2.40. The van der Waals surface area contributed by atoms with Gasteiger partial charge in [0.1, 0.15) is 0 Å². The summed E-state index contributed by atoms with van der Waals surface area (Å²) in [5, 5.41) is 12.1. The summed E-state index contributed by atoms with van der Waals surface area (Å²) in [4.78, 5) is 15.2. The van der Waals surface area contributed by atoms with Gasteiger partial charge in [0.25, 0.3) is 0 Å². The van der Waals surface area contributed by atoms with Crippen LogP contribution in [0, 0.1) is 6.92 Å². The van der Waals surface area contributed by atoms with Crippen LogP contribution in [-0.4, -0.2) is 16.1 Å². The molecule has 0 aliphatic carbocycles. The van der Waals surface area contributed by atoms with Crippen molar-refractivity contribution in [3.05, 3.63) is 47.8 Å². The van der Waals surface area contributed by atoms with E-state index in [9.17, 15) is 4.79 Å². The number of aromatic nitrogens is 1. The number of nitrogen functional groups attached to an aromatic ring is 1. The number of carboxylic acids is 1. The van der Waals surface area contributed by atoms with E-state index in [4.69, 9.17) is 10.8 Å². The van der Waals surface area contributed by atoms with E-state index in [1.54, 1.807) is 24.4 Å². The monoisotopic (exact) mass is 243 g/mol. The highest BCUT2D eigenvalue weighted by atomic mass is 16.4. The van der Waals surface area contributed by atoms with Crippen LogP contribution in [0.3, 0.4) is 0 Å². The predicted octanol–water partition coefficient (Wildman–Crippen LogP) is 2.41. The fraction of sp³-hybridized carbons (Fsp3) is 0.0769. The van der Waals surface area contributed by atoms with Crippen molar-refractivity contribution in [1.82, 2.24) is 4.98 Å². The van der Waals surface area contributed by atoms with E-state index in [1.807, 2.05) is 13.0 Å². The molecular weight excluding hydrogens is 230 g/mol. The van der Waals surface area contributed by atoms with Gasteiger partial charge in [-0.15, -0.1) is 0 Å². The molecule has 2 rings (SSSR count). The second-order valence-electron chi connectivity index (χ2n) is 3.87. The highest BCUT2D eigenvalue weighted by Crippen LogP contribution is 2.24. The number of rotatable bonds is 3. The van der Waals surface area contributed by atoms with Gasteiger partial charge < -0.3 is 16.2 Å². The van der Waals surface area contributed by atoms with E-state index < -0.39 is 5.97 Å². The molecule has 0 spiro atoms. The molecule has 5 nitrogen and oxygen atoms in total. The molecule has 4 N–H and O–H groups in total. The molecule has 0 aliphatic rings. The van der Waals surface area contributed by atoms with Crippen molar-refractivity contribution < 1.29 is 9.90 Å². The molecule has 0 radical (unpaired) electrons. The first-order valence-corrected chi connectivity index (χ1v) is 5.39. The van der Waals surface area contributed by atoms with Gasteiger partial charge in [0.15, 0.2) is 0 Å². The first kappa shape index (κ1) is 11.9. The number of carboxylic acid groups (broad SMARTS) is 1. The molecule has 1 aromatic carbocycles. The van der Waals surface area contributed by atoms with Crippen LogP contribution in [-0.2, 0) is 0 Å². The number of hydrogen-bond donors (Lipinski definition) is 3. The van der Waals surface area contributed by atoms with Gasteiger partial charge in [0.2, 0.25) is 0 Å². The molecule has 2 aromatic rings. The molecule has 0 unspecified atom stereocenters. The van der Waals surface area contributed by atoms with Gasteiger partial charge in [-0.3, -0.25) is 4.98 Å². The quantitative estimate of drug-likeness (QED) is 0.720. The topological polar surface area (TPSA) is 88.2 Å². The third-order valence-electron chi connectivity index (χ3n) is 2.55. The fourth-order valence-electron chi connectivity index (χ4n) is 1.61. The maximum absolute atomic E-state index is 11.1. The Bertz CT molecular complexity index is 597. The number of nitrogens with two attached hydrogens (primary N) is 1. The van der Waals surface area contributed by atoms with Crippen molar-refractivity contribution in [2.75, 3.05) is 11.1 Å². The van der Waals surface area contributed by atoms with Gasteiger partial charge in [-0.1, -0.05) is 0 Å². The van der Waals surface area contributed by atoms with Crippen molar-refractivity contribution in [2.24, 2.45) is 0 Å². The molecule has 18 heavy (non-hydrogen) atoms. The Labute approximate surface area is 104 Å². The summed E-state index contributed by atoms with van der Waals surface area (Å²) in [6, 6.07) is 8.24. The van der Waals surface area contributed by atoms with E-state index in [2.05, 4.69) is 10.3 Å². The zero-order chi connectivity index (χ0) is 13.1. The molecule has 1 heterocycles. The zero-order valence-corrected chi connectivity index (χ0v) is 9.84. The maximum Gasteiger partial charge on any atom is 0.337 e. The fourth-order valence-corrected chi connectivity index (χ4v) is 1.61. The van der Waals surface area contributed by atoms with E-state index in [0.29, 0.717) is 11.4 Å². The van der Waals surface area contributed by atoms with Crippen molar-refractivity contribution in [2.45, 2.75) is 6.92 Å². The van der Waals surface area contributed by atoms with E-state index in [1.165, 1.54) is 6.07 Å². The average molecular weight is 243 g/mol. The third-order valence-corrected chi connectivity index (χ3v) is 2.55. The second kappa shape index (κ2) is 4.75. The van der Waals surface area contributed by atoms with E-state index in [-0.39, 0.29) is 5.56 Å². The number of hydrogen-bond acceptors (Lipinski definition) is 4. The number of nitrogens with zero attached hydrogens (tertiary/aromatic N) is 1. The summed E-state index contributed by atoms with van der Waals surface area (Å²) in [6.07, 6.45) is 1.68. The average Bonchev–Trinajstić information content (AvgIpc) is 2.32. The van der Waals surface area contributed by atoms with Crippen molar-refractivity contribution in [1.29, 1.82) is 0 Å². The minimum Gasteiger partial charge on any atom is -0.478 e. The number of benzene rings is 1. The number of anilines is 3. The highest BCUT2D eigenvalue weighted by Gasteiger charge is 2.11.